The Hall–Kier alpha value is -0.770. The minimum absolute atomic E-state index is 0.202. The molecule has 1 heterocycles. The topological polar surface area (TPSA) is 32.8 Å². The molecule has 1 aliphatic rings. The van der Waals surface area contributed by atoms with Gasteiger partial charge in [0.15, 0.2) is 0 Å². The fourth-order valence-electron chi connectivity index (χ4n) is 2.62. The summed E-state index contributed by atoms with van der Waals surface area (Å²) in [6.45, 7) is 15.8. The van der Waals surface area contributed by atoms with Gasteiger partial charge in [-0.05, 0) is 39.0 Å². The Labute approximate surface area is 124 Å². The number of rotatable bonds is 2. The van der Waals surface area contributed by atoms with Crippen molar-refractivity contribution in [3.05, 3.63) is 0 Å². The Kier molecular flexibility index (Phi) is 5.47. The Morgan fingerprint density at radius 3 is 2.05 bits per heavy atom. The van der Waals surface area contributed by atoms with Crippen LogP contribution in [0.15, 0.2) is 0 Å². The van der Waals surface area contributed by atoms with Crippen LogP contribution in [0.25, 0.3) is 0 Å². The van der Waals surface area contributed by atoms with Gasteiger partial charge in [0.05, 0.1) is 0 Å². The van der Waals surface area contributed by atoms with Crippen LogP contribution >= 0.6 is 0 Å². The minimum Gasteiger partial charge on any atom is -0.444 e. The van der Waals surface area contributed by atoms with E-state index in [-0.39, 0.29) is 6.09 Å². The number of carbonyl (C=O) groups excluding carboxylic acids is 1. The molecule has 0 unspecified atom stereocenters. The Morgan fingerprint density at radius 1 is 1.15 bits per heavy atom. The van der Waals surface area contributed by atoms with Gasteiger partial charge in [0.25, 0.3) is 0 Å². The van der Waals surface area contributed by atoms with Crippen LogP contribution in [-0.2, 0) is 4.74 Å². The lowest BCUT2D eigenvalue weighted by atomic mass is 9.94. The molecular formula is C16H32N2O2. The van der Waals surface area contributed by atoms with Gasteiger partial charge in [0.1, 0.15) is 5.60 Å². The maximum absolute atomic E-state index is 12.1. The molecule has 4 nitrogen and oxygen atoms in total. The van der Waals surface area contributed by atoms with Crippen LogP contribution in [0.4, 0.5) is 4.79 Å². The molecule has 0 N–H and O–H groups in total. The highest BCUT2D eigenvalue weighted by atomic mass is 16.6. The van der Waals surface area contributed by atoms with Gasteiger partial charge < -0.3 is 14.5 Å². The molecule has 0 spiro atoms. The average molecular weight is 284 g/mol. The number of likely N-dealkylation sites (tertiary alicyclic amines) is 1. The molecular weight excluding hydrogens is 252 g/mol. The molecule has 1 rings (SSSR count). The van der Waals surface area contributed by atoms with E-state index in [2.05, 4.69) is 25.7 Å². The molecule has 118 valence electrons. The van der Waals surface area contributed by atoms with E-state index in [0.29, 0.717) is 11.5 Å². The van der Waals surface area contributed by atoms with E-state index in [0.717, 1.165) is 32.5 Å². The molecule has 0 atom stereocenters. The van der Waals surface area contributed by atoms with Crippen molar-refractivity contribution in [2.75, 3.05) is 26.7 Å². The normalized spacial score (nSPS) is 18.9. The van der Waals surface area contributed by atoms with Gasteiger partial charge in [-0.2, -0.15) is 0 Å². The quantitative estimate of drug-likeness (QED) is 0.779. The number of carbonyl (C=O) groups is 1. The van der Waals surface area contributed by atoms with E-state index in [1.54, 1.807) is 4.90 Å². The molecule has 0 aromatic carbocycles. The zero-order chi connectivity index (χ0) is 15.6. The predicted molar refractivity (Wildman–Crippen MR) is 82.9 cm³/mol. The molecule has 1 amide bonds. The molecule has 0 aromatic heterocycles. The summed E-state index contributed by atoms with van der Waals surface area (Å²) in [6, 6.07) is 0.307. The summed E-state index contributed by atoms with van der Waals surface area (Å²) in [5, 5.41) is 0. The van der Waals surface area contributed by atoms with Gasteiger partial charge in [-0.1, -0.05) is 20.8 Å². The summed E-state index contributed by atoms with van der Waals surface area (Å²) in [5.74, 6) is 0. The van der Waals surface area contributed by atoms with Gasteiger partial charge in [-0.25, -0.2) is 4.79 Å². The first kappa shape index (κ1) is 17.3. The molecule has 4 heteroatoms. The standard InChI is InChI=1S/C16H32N2O2/c1-15(2,3)12-18-10-8-13(9-11-18)17(7)14(19)20-16(4,5)6/h13H,8-12H2,1-7H3. The van der Waals surface area contributed by atoms with Crippen LogP contribution in [0.2, 0.25) is 0 Å². The third kappa shape index (κ3) is 6.12. The minimum atomic E-state index is -0.418. The smallest absolute Gasteiger partial charge is 0.410 e. The number of amides is 1. The highest BCUT2D eigenvalue weighted by Crippen LogP contribution is 2.22. The van der Waals surface area contributed by atoms with Gasteiger partial charge in [0, 0.05) is 32.7 Å². The molecule has 0 saturated carbocycles. The van der Waals surface area contributed by atoms with E-state index < -0.39 is 5.60 Å². The maximum atomic E-state index is 12.1. The van der Waals surface area contributed by atoms with Crippen molar-refractivity contribution in [2.24, 2.45) is 5.41 Å². The molecule has 1 fully saturated rings. The summed E-state index contributed by atoms with van der Waals surface area (Å²) in [5.41, 5.74) is -0.0812. The molecule has 0 aliphatic carbocycles. The van der Waals surface area contributed by atoms with Crippen LogP contribution in [0.3, 0.4) is 0 Å². The maximum Gasteiger partial charge on any atom is 0.410 e. The van der Waals surface area contributed by atoms with Crippen LogP contribution in [0.5, 0.6) is 0 Å². The lowest BCUT2D eigenvalue weighted by Gasteiger charge is -2.39. The van der Waals surface area contributed by atoms with Crippen molar-refractivity contribution in [3.8, 4) is 0 Å². The van der Waals surface area contributed by atoms with E-state index in [1.807, 2.05) is 27.8 Å². The number of ether oxygens (including phenoxy) is 1. The number of nitrogens with zero attached hydrogens (tertiary/aromatic N) is 2. The zero-order valence-electron chi connectivity index (χ0n) is 14.3. The first-order chi connectivity index (χ1) is 8.98. The van der Waals surface area contributed by atoms with Gasteiger partial charge >= 0.3 is 6.09 Å². The van der Waals surface area contributed by atoms with Crippen molar-refractivity contribution < 1.29 is 9.53 Å². The summed E-state index contributed by atoms with van der Waals surface area (Å²) in [4.78, 5) is 16.3. The van der Waals surface area contributed by atoms with Crippen molar-refractivity contribution in [3.63, 3.8) is 0 Å². The van der Waals surface area contributed by atoms with Crippen molar-refractivity contribution >= 4 is 6.09 Å². The summed E-state index contributed by atoms with van der Waals surface area (Å²) in [7, 11) is 1.86. The third-order valence-electron chi connectivity index (χ3n) is 3.48. The molecule has 0 radical (unpaired) electrons. The van der Waals surface area contributed by atoms with Crippen LogP contribution in [0.1, 0.15) is 54.4 Å². The Morgan fingerprint density at radius 2 is 1.65 bits per heavy atom. The first-order valence-electron chi connectivity index (χ1n) is 7.66. The van der Waals surface area contributed by atoms with Crippen LogP contribution in [0, 0.1) is 5.41 Å². The number of hydrogen-bond donors (Lipinski definition) is 0. The largest absolute Gasteiger partial charge is 0.444 e. The highest BCUT2D eigenvalue weighted by molar-refractivity contribution is 5.68. The lowest BCUT2D eigenvalue weighted by molar-refractivity contribution is 0.0137. The highest BCUT2D eigenvalue weighted by Gasteiger charge is 2.29. The summed E-state index contributed by atoms with van der Waals surface area (Å²) >= 11 is 0. The van der Waals surface area contributed by atoms with E-state index in [1.165, 1.54) is 0 Å². The van der Waals surface area contributed by atoms with E-state index >= 15 is 0 Å². The number of hydrogen-bond acceptors (Lipinski definition) is 3. The summed E-state index contributed by atoms with van der Waals surface area (Å²) < 4.78 is 5.43. The summed E-state index contributed by atoms with van der Waals surface area (Å²) in [6.07, 6.45) is 1.87. The fourth-order valence-corrected chi connectivity index (χ4v) is 2.62. The molecule has 0 bridgehead atoms. The van der Waals surface area contributed by atoms with Crippen LogP contribution < -0.4 is 0 Å². The number of piperidine rings is 1. The van der Waals surface area contributed by atoms with E-state index in [9.17, 15) is 4.79 Å². The molecule has 1 aliphatic heterocycles. The Balaban J connectivity index is 2.43. The fraction of sp³-hybridized carbons (Fsp3) is 0.938. The second kappa shape index (κ2) is 6.33. The SMILES string of the molecule is CN(C(=O)OC(C)(C)C)C1CCN(CC(C)(C)C)CC1. The zero-order valence-corrected chi connectivity index (χ0v) is 14.3. The van der Waals surface area contributed by atoms with Gasteiger partial charge in [-0.15, -0.1) is 0 Å². The second-order valence-electron chi connectivity index (χ2n) is 8.16. The van der Waals surface area contributed by atoms with Crippen molar-refractivity contribution in [2.45, 2.75) is 66.0 Å². The monoisotopic (exact) mass is 284 g/mol. The Bertz CT molecular complexity index is 320. The second-order valence-corrected chi connectivity index (χ2v) is 8.16. The first-order valence-corrected chi connectivity index (χ1v) is 7.66. The predicted octanol–water partition coefficient (Wildman–Crippen LogP) is 3.36. The van der Waals surface area contributed by atoms with E-state index in [4.69, 9.17) is 4.74 Å². The van der Waals surface area contributed by atoms with Gasteiger partial charge in [-0.3, -0.25) is 0 Å². The van der Waals surface area contributed by atoms with Crippen molar-refractivity contribution in [1.82, 2.24) is 9.80 Å². The lowest BCUT2D eigenvalue weighted by Crippen LogP contribution is -2.48. The third-order valence-corrected chi connectivity index (χ3v) is 3.48. The molecule has 20 heavy (non-hydrogen) atoms. The average Bonchev–Trinajstić information content (AvgIpc) is 2.24. The van der Waals surface area contributed by atoms with Crippen molar-refractivity contribution in [1.29, 1.82) is 0 Å². The molecule has 1 saturated heterocycles. The van der Waals surface area contributed by atoms with Gasteiger partial charge in [0.2, 0.25) is 0 Å². The molecule has 0 aromatic rings. The van der Waals surface area contributed by atoms with Crippen LogP contribution in [-0.4, -0.2) is 54.2 Å².